The lowest BCUT2D eigenvalue weighted by Gasteiger charge is -2.28. The highest BCUT2D eigenvalue weighted by molar-refractivity contribution is 6.10. The number of amides is 3. The second-order valence-corrected chi connectivity index (χ2v) is 14.9. The number of hydrogen-bond acceptors (Lipinski definition) is 13. The molecule has 2 heterocycles. The van der Waals surface area contributed by atoms with Gasteiger partial charge in [0, 0.05) is 25.1 Å². The Labute approximate surface area is 291 Å². The largest absolute Gasteiger partial charge is 0.466 e. The molecule has 50 heavy (non-hydrogen) atoms. The van der Waals surface area contributed by atoms with E-state index in [1.54, 1.807) is 101 Å². The van der Waals surface area contributed by atoms with Crippen LogP contribution in [0.4, 0.5) is 20.2 Å². The van der Waals surface area contributed by atoms with Crippen LogP contribution in [0.3, 0.4) is 0 Å². The number of anilines is 1. The predicted molar refractivity (Wildman–Crippen MR) is 181 cm³/mol. The van der Waals surface area contributed by atoms with Crippen LogP contribution in [0.25, 0.3) is 23.0 Å². The molecule has 0 bridgehead atoms. The van der Waals surface area contributed by atoms with E-state index in [0.717, 1.165) is 5.56 Å². The maximum Gasteiger partial charge on any atom is 0.425 e. The lowest BCUT2D eigenvalue weighted by atomic mass is 10.1. The predicted octanol–water partition coefficient (Wildman–Crippen LogP) is 6.90. The number of hydrogen-bond donors (Lipinski definition) is 0. The van der Waals surface area contributed by atoms with Crippen molar-refractivity contribution in [3.63, 3.8) is 0 Å². The van der Waals surface area contributed by atoms with E-state index < -0.39 is 41.0 Å². The van der Waals surface area contributed by atoms with E-state index in [1.807, 2.05) is 0 Å². The lowest BCUT2D eigenvalue weighted by Crippen LogP contribution is -2.44. The molecule has 0 N–H and O–H groups in total. The van der Waals surface area contributed by atoms with Crippen LogP contribution in [0.2, 0.25) is 0 Å². The van der Waals surface area contributed by atoms with Crippen LogP contribution < -0.4 is 4.90 Å². The first-order valence-corrected chi connectivity index (χ1v) is 16.3. The van der Waals surface area contributed by atoms with Crippen molar-refractivity contribution in [1.82, 2.24) is 25.1 Å². The molecule has 1 saturated carbocycles. The van der Waals surface area contributed by atoms with Gasteiger partial charge in [0.15, 0.2) is 11.5 Å². The number of nitrogens with zero attached hydrogens (tertiary/aromatic N) is 6. The molecule has 3 amide bonds. The molecule has 2 aromatic heterocycles. The summed E-state index contributed by atoms with van der Waals surface area (Å²) in [6.45, 7) is 17.6. The van der Waals surface area contributed by atoms with Crippen LogP contribution in [-0.2, 0) is 30.3 Å². The average molecular weight is 695 g/mol. The molecule has 0 aliphatic heterocycles. The summed E-state index contributed by atoms with van der Waals surface area (Å²) in [4.78, 5) is 63.2. The fourth-order valence-electron chi connectivity index (χ4n) is 4.64. The summed E-state index contributed by atoms with van der Waals surface area (Å²) in [6, 6.07) is 7.11. The van der Waals surface area contributed by atoms with Crippen molar-refractivity contribution >= 4 is 30.1 Å². The van der Waals surface area contributed by atoms with Crippen molar-refractivity contribution in [1.29, 1.82) is 0 Å². The number of carbonyl (C=O) groups excluding carboxylic acids is 4. The van der Waals surface area contributed by atoms with E-state index in [-0.39, 0.29) is 41.8 Å². The fraction of sp³-hybridized carbons (Fsp3) is 0.543. The molecule has 0 spiro atoms. The van der Waals surface area contributed by atoms with Crippen molar-refractivity contribution in [2.75, 3.05) is 18.6 Å². The van der Waals surface area contributed by atoms with Crippen molar-refractivity contribution in [2.45, 2.75) is 105 Å². The summed E-state index contributed by atoms with van der Waals surface area (Å²) < 4.78 is 27.8. The molecule has 15 heteroatoms. The molecule has 1 aromatic carbocycles. The van der Waals surface area contributed by atoms with Crippen LogP contribution in [0.15, 0.2) is 34.9 Å². The van der Waals surface area contributed by atoms with Gasteiger partial charge in [0.25, 0.3) is 5.89 Å². The van der Waals surface area contributed by atoms with Gasteiger partial charge >= 0.3 is 24.2 Å². The van der Waals surface area contributed by atoms with E-state index in [4.69, 9.17) is 28.3 Å². The third kappa shape index (κ3) is 9.98. The van der Waals surface area contributed by atoms with Gasteiger partial charge in [-0.05, 0) is 93.4 Å². The SMILES string of the molecule is CCOC(=O)C1CC1c1cnc(N(C(=O)OC(C)(C)C)C(=O)OC(C)(C)C)c(-c2nnc(-c3ccc(CN(C)C(=O)OC(C)(C)C)cc3)o2)n1. The Hall–Kier alpha value is -5.08. The Balaban J connectivity index is 1.72. The third-order valence-electron chi connectivity index (χ3n) is 6.85. The highest BCUT2D eigenvalue weighted by atomic mass is 16.6. The fourth-order valence-corrected chi connectivity index (χ4v) is 4.64. The molecule has 1 fully saturated rings. The molecular weight excluding hydrogens is 648 g/mol. The maximum atomic E-state index is 13.5. The van der Waals surface area contributed by atoms with Crippen LogP contribution in [-0.4, -0.2) is 79.8 Å². The highest BCUT2D eigenvalue weighted by Crippen LogP contribution is 2.48. The zero-order valence-corrected chi connectivity index (χ0v) is 30.5. The summed E-state index contributed by atoms with van der Waals surface area (Å²) >= 11 is 0. The number of esters is 1. The smallest absolute Gasteiger partial charge is 0.425 e. The van der Waals surface area contributed by atoms with Crippen LogP contribution in [0.5, 0.6) is 0 Å². The van der Waals surface area contributed by atoms with Crippen molar-refractivity contribution in [2.24, 2.45) is 5.92 Å². The molecule has 3 aromatic rings. The van der Waals surface area contributed by atoms with E-state index in [2.05, 4.69) is 15.2 Å². The second-order valence-electron chi connectivity index (χ2n) is 14.9. The van der Waals surface area contributed by atoms with Gasteiger partial charge in [0.05, 0.1) is 24.4 Å². The van der Waals surface area contributed by atoms with Gasteiger partial charge in [-0.3, -0.25) is 4.79 Å². The minimum Gasteiger partial charge on any atom is -0.466 e. The molecule has 1 aliphatic rings. The first kappa shape index (κ1) is 37.7. The van der Waals surface area contributed by atoms with E-state index in [9.17, 15) is 19.2 Å². The summed E-state index contributed by atoms with van der Waals surface area (Å²) in [5.41, 5.74) is -0.870. The Bertz CT molecular complexity index is 1690. The van der Waals surface area contributed by atoms with Gasteiger partial charge in [-0.15, -0.1) is 10.2 Å². The number of aromatic nitrogens is 4. The Morgan fingerprint density at radius 2 is 1.36 bits per heavy atom. The molecule has 0 saturated heterocycles. The first-order chi connectivity index (χ1) is 23.2. The van der Waals surface area contributed by atoms with Crippen molar-refractivity contribution in [3.8, 4) is 23.0 Å². The number of benzene rings is 1. The Morgan fingerprint density at radius 1 is 0.820 bits per heavy atom. The normalized spacial score (nSPS) is 15.9. The minimum atomic E-state index is -1.06. The standard InChI is InChI=1S/C35H46N6O9/c1-12-46-29(42)23-17-22(23)24-18-36-26(41(31(44)49-34(5,6)7)32(45)50-35(8,9)10)25(37-24)28-39-38-27(47-28)21-15-13-20(14-16-21)19-40(11)30(43)48-33(2,3)4/h13-16,18,22-23H,12,17,19H2,1-11H3. The van der Waals surface area contributed by atoms with E-state index >= 15 is 0 Å². The number of ether oxygens (including phenoxy) is 4. The van der Waals surface area contributed by atoms with Gasteiger partial charge in [-0.1, -0.05) is 12.1 Å². The van der Waals surface area contributed by atoms with Gasteiger partial charge < -0.3 is 28.3 Å². The van der Waals surface area contributed by atoms with Gasteiger partial charge in [-0.2, -0.15) is 4.90 Å². The summed E-state index contributed by atoms with van der Waals surface area (Å²) in [5, 5.41) is 8.39. The summed E-state index contributed by atoms with van der Waals surface area (Å²) in [6.07, 6.45) is -0.697. The van der Waals surface area contributed by atoms with Gasteiger partial charge in [0.1, 0.15) is 16.8 Å². The molecule has 270 valence electrons. The zero-order chi connectivity index (χ0) is 37.2. The van der Waals surface area contributed by atoms with Crippen molar-refractivity contribution in [3.05, 3.63) is 41.7 Å². The topological polar surface area (TPSA) is 176 Å². The third-order valence-corrected chi connectivity index (χ3v) is 6.85. The van der Waals surface area contributed by atoms with Crippen LogP contribution >= 0.6 is 0 Å². The molecular formula is C35H46N6O9. The molecule has 2 atom stereocenters. The number of imide groups is 1. The Morgan fingerprint density at radius 3 is 1.90 bits per heavy atom. The average Bonchev–Trinajstić information content (AvgIpc) is 3.63. The van der Waals surface area contributed by atoms with Gasteiger partial charge in [-0.25, -0.2) is 24.4 Å². The monoisotopic (exact) mass is 694 g/mol. The van der Waals surface area contributed by atoms with E-state index in [0.29, 0.717) is 29.1 Å². The van der Waals surface area contributed by atoms with Crippen molar-refractivity contribution < 1.29 is 42.5 Å². The molecule has 2 unspecified atom stereocenters. The van der Waals surface area contributed by atoms with Gasteiger partial charge in [0.2, 0.25) is 5.89 Å². The Kier molecular flexibility index (Phi) is 10.9. The number of carbonyl (C=O) groups is 4. The molecule has 0 radical (unpaired) electrons. The zero-order valence-electron chi connectivity index (χ0n) is 30.5. The molecule has 15 nitrogen and oxygen atoms in total. The molecule has 4 rings (SSSR count). The first-order valence-electron chi connectivity index (χ1n) is 16.3. The number of rotatable bonds is 8. The van der Waals surface area contributed by atoms with E-state index in [1.165, 1.54) is 11.1 Å². The van der Waals surface area contributed by atoms with Crippen LogP contribution in [0.1, 0.15) is 92.8 Å². The summed E-state index contributed by atoms with van der Waals surface area (Å²) in [7, 11) is 1.65. The van der Waals surface area contributed by atoms with Crippen LogP contribution in [0, 0.1) is 5.92 Å². The molecule has 1 aliphatic carbocycles. The quantitative estimate of drug-likeness (QED) is 0.176. The second kappa shape index (κ2) is 14.4. The maximum absolute atomic E-state index is 13.5. The minimum absolute atomic E-state index is 0.0944. The summed E-state index contributed by atoms with van der Waals surface area (Å²) in [5.74, 6) is -1.37. The lowest BCUT2D eigenvalue weighted by molar-refractivity contribution is -0.144. The highest BCUT2D eigenvalue weighted by Gasteiger charge is 2.47.